The highest BCUT2D eigenvalue weighted by Crippen LogP contribution is 2.36. The van der Waals surface area contributed by atoms with Gasteiger partial charge >= 0.3 is 13.1 Å². The van der Waals surface area contributed by atoms with Crippen molar-refractivity contribution in [3.05, 3.63) is 53.2 Å². The quantitative estimate of drug-likeness (QED) is 0.391. The van der Waals surface area contributed by atoms with Crippen molar-refractivity contribution in [2.45, 2.75) is 65.8 Å². The maximum atomic E-state index is 12.1. The number of esters is 1. The van der Waals surface area contributed by atoms with Crippen LogP contribution in [0.25, 0.3) is 10.9 Å². The van der Waals surface area contributed by atoms with Crippen LogP contribution in [0.3, 0.4) is 0 Å². The molecule has 1 saturated heterocycles. The van der Waals surface area contributed by atoms with Gasteiger partial charge in [0, 0.05) is 18.0 Å². The van der Waals surface area contributed by atoms with E-state index in [1.165, 1.54) is 0 Å². The standard InChI is InChI=1S/C26H33BN2O5/c1-8-31-24(30)14-18-13-17(2)9-12-23(18)32-16-21-20-15-19(10-11-22(20)29(7)28-21)27-33-25(3,4)26(5,6)34-27/h9-13,15H,8,14,16H2,1-7H3. The van der Waals surface area contributed by atoms with E-state index in [1.807, 2.05) is 76.7 Å². The van der Waals surface area contributed by atoms with E-state index in [9.17, 15) is 4.79 Å². The fourth-order valence-electron chi connectivity index (χ4n) is 4.09. The predicted octanol–water partition coefficient (Wildman–Crippen LogP) is 3.87. The molecule has 2 heterocycles. The van der Waals surface area contributed by atoms with E-state index in [2.05, 4.69) is 11.2 Å². The normalized spacial score (nSPS) is 16.7. The van der Waals surface area contributed by atoms with Gasteiger partial charge in [-0.15, -0.1) is 0 Å². The van der Waals surface area contributed by atoms with E-state index >= 15 is 0 Å². The van der Waals surface area contributed by atoms with E-state index < -0.39 is 18.3 Å². The summed E-state index contributed by atoms with van der Waals surface area (Å²) in [6.45, 7) is 12.6. The highest BCUT2D eigenvalue weighted by Gasteiger charge is 2.51. The Balaban J connectivity index is 1.59. The average molecular weight is 464 g/mol. The Bertz CT molecular complexity index is 1200. The molecular weight excluding hydrogens is 431 g/mol. The third-order valence-electron chi connectivity index (χ3n) is 6.70. The third kappa shape index (κ3) is 4.70. The second-order valence-corrected chi connectivity index (χ2v) is 9.82. The van der Waals surface area contributed by atoms with Crippen molar-refractivity contribution < 1.29 is 23.6 Å². The van der Waals surface area contributed by atoms with Gasteiger partial charge in [0.2, 0.25) is 0 Å². The van der Waals surface area contributed by atoms with Crippen LogP contribution in [0, 0.1) is 6.92 Å². The first kappa shape index (κ1) is 24.3. The van der Waals surface area contributed by atoms with Gasteiger partial charge in [-0.3, -0.25) is 9.48 Å². The number of ether oxygens (including phenoxy) is 2. The number of fused-ring (bicyclic) bond motifs is 1. The Morgan fingerprint density at radius 2 is 1.79 bits per heavy atom. The lowest BCUT2D eigenvalue weighted by Crippen LogP contribution is -2.41. The summed E-state index contributed by atoms with van der Waals surface area (Å²) in [5.74, 6) is 0.382. The molecular formula is C26H33BN2O5. The molecule has 7 nitrogen and oxygen atoms in total. The van der Waals surface area contributed by atoms with E-state index in [0.717, 1.165) is 33.2 Å². The molecule has 1 fully saturated rings. The zero-order valence-corrected chi connectivity index (χ0v) is 21.1. The SMILES string of the molecule is CCOC(=O)Cc1cc(C)ccc1OCc1nn(C)c2ccc(B3OC(C)(C)C(C)(C)O3)cc12. The van der Waals surface area contributed by atoms with Crippen LogP contribution in [0.4, 0.5) is 0 Å². The lowest BCUT2D eigenvalue weighted by molar-refractivity contribution is -0.142. The summed E-state index contributed by atoms with van der Waals surface area (Å²) in [6, 6.07) is 11.9. The van der Waals surface area contributed by atoms with E-state index in [-0.39, 0.29) is 19.0 Å². The van der Waals surface area contributed by atoms with Gasteiger partial charge in [-0.1, -0.05) is 29.8 Å². The molecule has 0 bridgehead atoms. The number of nitrogens with zero attached hydrogens (tertiary/aromatic N) is 2. The molecule has 0 radical (unpaired) electrons. The number of benzene rings is 2. The number of hydrogen-bond acceptors (Lipinski definition) is 6. The van der Waals surface area contributed by atoms with Crippen LogP contribution in [0.2, 0.25) is 0 Å². The van der Waals surface area contributed by atoms with Crippen LogP contribution >= 0.6 is 0 Å². The molecule has 0 saturated carbocycles. The summed E-state index contributed by atoms with van der Waals surface area (Å²) < 4.78 is 25.6. The highest BCUT2D eigenvalue weighted by atomic mass is 16.7. The van der Waals surface area contributed by atoms with Crippen LogP contribution < -0.4 is 10.2 Å². The summed E-state index contributed by atoms with van der Waals surface area (Å²) in [4.78, 5) is 12.1. The number of carbonyl (C=O) groups is 1. The zero-order valence-electron chi connectivity index (χ0n) is 21.1. The molecule has 3 aromatic rings. The van der Waals surface area contributed by atoms with E-state index in [1.54, 1.807) is 6.92 Å². The Kier molecular flexibility index (Phi) is 6.49. The molecule has 1 aliphatic rings. The number of aromatic nitrogens is 2. The molecule has 0 N–H and O–H groups in total. The molecule has 2 aromatic carbocycles. The molecule has 0 atom stereocenters. The monoisotopic (exact) mass is 464 g/mol. The predicted molar refractivity (Wildman–Crippen MR) is 132 cm³/mol. The van der Waals surface area contributed by atoms with Gasteiger partial charge in [-0.05, 0) is 59.1 Å². The lowest BCUT2D eigenvalue weighted by Gasteiger charge is -2.32. The molecule has 0 aliphatic carbocycles. The van der Waals surface area contributed by atoms with Crippen molar-refractivity contribution in [1.82, 2.24) is 9.78 Å². The van der Waals surface area contributed by atoms with Gasteiger partial charge in [0.25, 0.3) is 0 Å². The maximum absolute atomic E-state index is 12.1. The van der Waals surface area contributed by atoms with Gasteiger partial charge in [0.1, 0.15) is 18.1 Å². The highest BCUT2D eigenvalue weighted by molar-refractivity contribution is 6.62. The minimum atomic E-state index is -0.448. The van der Waals surface area contributed by atoms with Crippen molar-refractivity contribution in [2.24, 2.45) is 7.05 Å². The van der Waals surface area contributed by atoms with Gasteiger partial charge in [-0.2, -0.15) is 5.10 Å². The first-order chi connectivity index (χ1) is 16.0. The molecule has 0 amide bonds. The van der Waals surface area contributed by atoms with E-state index in [4.69, 9.17) is 18.8 Å². The Labute approximate surface area is 201 Å². The molecule has 34 heavy (non-hydrogen) atoms. The van der Waals surface area contributed by atoms with Crippen molar-refractivity contribution in [3.63, 3.8) is 0 Å². The Morgan fingerprint density at radius 1 is 1.09 bits per heavy atom. The van der Waals surface area contributed by atoms with Gasteiger partial charge in [0.15, 0.2) is 0 Å². The molecule has 180 valence electrons. The first-order valence-electron chi connectivity index (χ1n) is 11.7. The summed E-state index contributed by atoms with van der Waals surface area (Å²) in [5.41, 5.74) is 3.79. The Hall–Kier alpha value is -2.84. The van der Waals surface area contributed by atoms with Crippen LogP contribution in [0.1, 0.15) is 51.4 Å². The average Bonchev–Trinajstić information content (AvgIpc) is 3.18. The smallest absolute Gasteiger partial charge is 0.487 e. The minimum absolute atomic E-state index is 0.167. The van der Waals surface area contributed by atoms with Crippen molar-refractivity contribution in [1.29, 1.82) is 0 Å². The van der Waals surface area contributed by atoms with Crippen molar-refractivity contribution in [3.8, 4) is 5.75 Å². The van der Waals surface area contributed by atoms with Crippen LogP contribution in [-0.4, -0.2) is 40.7 Å². The maximum Gasteiger partial charge on any atom is 0.494 e. The number of rotatable bonds is 7. The number of carbonyl (C=O) groups excluding carboxylic acids is 1. The van der Waals surface area contributed by atoms with Crippen LogP contribution in [-0.2, 0) is 38.9 Å². The van der Waals surface area contributed by atoms with Crippen LogP contribution in [0.5, 0.6) is 5.75 Å². The fraction of sp³-hybridized carbons (Fsp3) is 0.462. The number of aryl methyl sites for hydroxylation is 2. The Morgan fingerprint density at radius 3 is 2.47 bits per heavy atom. The summed E-state index contributed by atoms with van der Waals surface area (Å²) in [6.07, 6.45) is 0.167. The van der Waals surface area contributed by atoms with Crippen LogP contribution in [0.15, 0.2) is 36.4 Å². The fourth-order valence-corrected chi connectivity index (χ4v) is 4.09. The first-order valence-corrected chi connectivity index (χ1v) is 11.7. The van der Waals surface area contributed by atoms with Crippen molar-refractivity contribution in [2.75, 3.05) is 6.61 Å². The molecule has 0 unspecified atom stereocenters. The van der Waals surface area contributed by atoms with Crippen molar-refractivity contribution >= 4 is 29.5 Å². The van der Waals surface area contributed by atoms with E-state index in [0.29, 0.717) is 12.4 Å². The molecule has 4 rings (SSSR count). The van der Waals surface area contributed by atoms with Gasteiger partial charge in [-0.25, -0.2) is 0 Å². The van der Waals surface area contributed by atoms with Gasteiger partial charge in [0.05, 0.1) is 29.7 Å². The topological polar surface area (TPSA) is 71.8 Å². The molecule has 0 spiro atoms. The molecule has 1 aromatic heterocycles. The second-order valence-electron chi connectivity index (χ2n) is 9.82. The zero-order chi connectivity index (χ0) is 24.7. The largest absolute Gasteiger partial charge is 0.494 e. The third-order valence-corrected chi connectivity index (χ3v) is 6.70. The summed E-state index contributed by atoms with van der Waals surface area (Å²) >= 11 is 0. The second kappa shape index (κ2) is 9.08. The van der Waals surface area contributed by atoms with Gasteiger partial charge < -0.3 is 18.8 Å². The number of hydrogen-bond donors (Lipinski definition) is 0. The lowest BCUT2D eigenvalue weighted by atomic mass is 9.78. The molecule has 1 aliphatic heterocycles. The summed E-state index contributed by atoms with van der Waals surface area (Å²) in [7, 11) is 1.47. The summed E-state index contributed by atoms with van der Waals surface area (Å²) in [5, 5.41) is 5.67. The molecule has 8 heteroatoms. The minimum Gasteiger partial charge on any atom is -0.487 e.